The lowest BCUT2D eigenvalue weighted by Gasteiger charge is -2.15. The molecule has 0 N–H and O–H groups in total. The molecule has 1 aliphatic rings. The highest BCUT2D eigenvalue weighted by molar-refractivity contribution is 9.24. The Bertz CT molecular complexity index is 822. The Balaban J connectivity index is 2.03. The van der Waals surface area contributed by atoms with Gasteiger partial charge in [-0.2, -0.15) is 0 Å². The van der Waals surface area contributed by atoms with Crippen LogP contribution in [0.15, 0.2) is 72.8 Å². The van der Waals surface area contributed by atoms with Crippen molar-refractivity contribution in [2.24, 2.45) is 0 Å². The van der Waals surface area contributed by atoms with Crippen molar-refractivity contribution in [1.29, 1.82) is 0 Å². The van der Waals surface area contributed by atoms with Crippen LogP contribution in [0.25, 0.3) is 11.1 Å². The number of fused-ring (bicyclic) bond motifs is 3. The molecule has 0 fully saturated rings. The molecule has 22 heavy (non-hydrogen) atoms. The molecule has 0 nitrogen and oxygen atoms in total. The molecule has 0 bridgehead atoms. The van der Waals surface area contributed by atoms with Crippen LogP contribution in [0, 0.1) is 0 Å². The molecule has 0 saturated heterocycles. The molecule has 108 valence electrons. The van der Waals surface area contributed by atoms with Gasteiger partial charge in [-0.25, -0.2) is 0 Å². The molecule has 0 spiro atoms. The summed E-state index contributed by atoms with van der Waals surface area (Å²) in [5.41, 5.74) is 8.16. The Morgan fingerprint density at radius 3 is 2.14 bits per heavy atom. The molecule has 1 unspecified atom stereocenters. The van der Waals surface area contributed by atoms with Crippen LogP contribution in [0.5, 0.6) is 0 Å². The second-order valence-electron chi connectivity index (χ2n) is 5.54. The Hall–Kier alpha value is -1.38. The van der Waals surface area contributed by atoms with Crippen LogP contribution >= 0.6 is 31.9 Å². The molecule has 0 aliphatic heterocycles. The molecule has 0 amide bonds. The third-order valence-corrected chi connectivity index (χ3v) is 5.34. The zero-order valence-electron chi connectivity index (χ0n) is 11.8. The predicted octanol–water partition coefficient (Wildman–Crippen LogP) is 6.64. The summed E-state index contributed by atoms with van der Waals surface area (Å²) in [7, 11) is 0. The molecule has 1 aliphatic carbocycles. The van der Waals surface area contributed by atoms with Crippen LogP contribution < -0.4 is 0 Å². The number of alkyl halides is 2. The van der Waals surface area contributed by atoms with Gasteiger partial charge in [0.25, 0.3) is 0 Å². The van der Waals surface area contributed by atoms with Crippen LogP contribution in [0.4, 0.5) is 0 Å². The highest BCUT2D eigenvalue weighted by atomic mass is 79.9. The van der Waals surface area contributed by atoms with Crippen LogP contribution in [-0.4, -0.2) is 0 Å². The number of benzene rings is 3. The van der Waals surface area contributed by atoms with Crippen LogP contribution in [0.2, 0.25) is 0 Å². The average Bonchev–Trinajstić information content (AvgIpc) is 2.90. The lowest BCUT2D eigenvalue weighted by Crippen LogP contribution is -1.99. The average molecular weight is 414 g/mol. The number of rotatable bonds is 2. The minimum atomic E-state index is 0.164. The van der Waals surface area contributed by atoms with Gasteiger partial charge in [0.05, 0.1) is 3.74 Å². The molecule has 0 saturated carbocycles. The Labute approximate surface area is 147 Å². The van der Waals surface area contributed by atoms with Crippen LogP contribution in [-0.2, 0) is 0 Å². The van der Waals surface area contributed by atoms with Crippen molar-refractivity contribution in [2.75, 3.05) is 0 Å². The summed E-state index contributed by atoms with van der Waals surface area (Å²) < 4.78 is 0.164. The Kier molecular flexibility index (Phi) is 3.67. The topological polar surface area (TPSA) is 0 Å². The van der Waals surface area contributed by atoms with E-state index in [4.69, 9.17) is 0 Å². The van der Waals surface area contributed by atoms with Crippen molar-refractivity contribution in [1.82, 2.24) is 0 Å². The van der Waals surface area contributed by atoms with Crippen molar-refractivity contribution < 1.29 is 0 Å². The molecule has 0 radical (unpaired) electrons. The highest BCUT2D eigenvalue weighted by Gasteiger charge is 2.31. The van der Waals surface area contributed by atoms with Gasteiger partial charge in [-0.1, -0.05) is 105 Å². The molecule has 0 heterocycles. The van der Waals surface area contributed by atoms with E-state index in [0.29, 0.717) is 5.92 Å². The Morgan fingerprint density at radius 2 is 1.36 bits per heavy atom. The third-order valence-electron chi connectivity index (χ3n) is 4.35. The minimum Gasteiger partial charge on any atom is -0.0712 e. The van der Waals surface area contributed by atoms with E-state index in [9.17, 15) is 0 Å². The summed E-state index contributed by atoms with van der Waals surface area (Å²) in [5, 5.41) is 0. The highest BCUT2D eigenvalue weighted by Crippen LogP contribution is 2.51. The van der Waals surface area contributed by atoms with Gasteiger partial charge >= 0.3 is 0 Å². The molecular weight excluding hydrogens is 400 g/mol. The molecule has 3 aromatic rings. The van der Waals surface area contributed by atoms with Crippen LogP contribution in [0.1, 0.15) is 31.9 Å². The fourth-order valence-electron chi connectivity index (χ4n) is 3.47. The fraction of sp³-hybridized carbons (Fsp3) is 0.100. The zero-order valence-corrected chi connectivity index (χ0v) is 15.0. The first-order valence-corrected chi connectivity index (χ1v) is 9.15. The zero-order chi connectivity index (χ0) is 15.1. The molecule has 3 aromatic carbocycles. The summed E-state index contributed by atoms with van der Waals surface area (Å²) >= 11 is 7.36. The number of hydrogen-bond donors (Lipinski definition) is 0. The van der Waals surface area contributed by atoms with Crippen molar-refractivity contribution in [3.8, 4) is 11.1 Å². The van der Waals surface area contributed by atoms with E-state index in [1.54, 1.807) is 0 Å². The Morgan fingerprint density at radius 1 is 0.682 bits per heavy atom. The van der Waals surface area contributed by atoms with Gasteiger partial charge in [-0.15, -0.1) is 0 Å². The quantitative estimate of drug-likeness (QED) is 0.323. The van der Waals surface area contributed by atoms with E-state index in [1.807, 2.05) is 0 Å². The maximum atomic E-state index is 3.68. The first-order valence-electron chi connectivity index (χ1n) is 7.32. The molecular formula is C20H14Br2. The number of halogens is 2. The lowest BCUT2D eigenvalue weighted by molar-refractivity contribution is 1.01. The second kappa shape index (κ2) is 5.68. The van der Waals surface area contributed by atoms with Gasteiger partial charge in [0, 0.05) is 5.92 Å². The maximum Gasteiger partial charge on any atom is 0.0952 e. The maximum absolute atomic E-state index is 3.68. The normalized spacial score (nSPS) is 15.7. The molecule has 2 heteroatoms. The van der Waals surface area contributed by atoms with Crippen molar-refractivity contribution in [3.05, 3.63) is 95.1 Å². The second-order valence-corrected chi connectivity index (χ2v) is 8.60. The molecule has 1 atom stereocenters. The van der Waals surface area contributed by atoms with Gasteiger partial charge in [0.1, 0.15) is 0 Å². The third kappa shape index (κ3) is 2.17. The van der Waals surface area contributed by atoms with E-state index in [0.717, 1.165) is 0 Å². The van der Waals surface area contributed by atoms with Gasteiger partial charge < -0.3 is 0 Å². The summed E-state index contributed by atoms with van der Waals surface area (Å²) in [4.78, 5) is 0. The monoisotopic (exact) mass is 412 g/mol. The van der Waals surface area contributed by atoms with Crippen molar-refractivity contribution in [2.45, 2.75) is 9.65 Å². The summed E-state index contributed by atoms with van der Waals surface area (Å²) in [6, 6.07) is 26.2. The number of hydrogen-bond acceptors (Lipinski definition) is 0. The first kappa shape index (κ1) is 14.2. The standard InChI is InChI=1S/C20H14Br2/c21-20(22)17-12-6-11-16-18(13-7-2-1-3-8-13)14-9-4-5-10-15(14)19(16)17/h1-12,18,20H. The fourth-order valence-corrected chi connectivity index (χ4v) is 4.23. The molecule has 4 rings (SSSR count). The van der Waals surface area contributed by atoms with Crippen molar-refractivity contribution >= 4 is 31.9 Å². The van der Waals surface area contributed by atoms with E-state index in [2.05, 4.69) is 105 Å². The van der Waals surface area contributed by atoms with Gasteiger partial charge in [-0.3, -0.25) is 0 Å². The van der Waals surface area contributed by atoms with Crippen molar-refractivity contribution in [3.63, 3.8) is 0 Å². The lowest BCUT2D eigenvalue weighted by atomic mass is 9.89. The van der Waals surface area contributed by atoms with Gasteiger partial charge in [0.15, 0.2) is 0 Å². The molecule has 0 aromatic heterocycles. The van der Waals surface area contributed by atoms with E-state index in [1.165, 1.54) is 33.4 Å². The van der Waals surface area contributed by atoms with Gasteiger partial charge in [0.2, 0.25) is 0 Å². The van der Waals surface area contributed by atoms with Crippen LogP contribution in [0.3, 0.4) is 0 Å². The summed E-state index contributed by atoms with van der Waals surface area (Å²) in [6.45, 7) is 0. The smallest absolute Gasteiger partial charge is 0.0712 e. The van der Waals surface area contributed by atoms with Gasteiger partial charge in [-0.05, 0) is 33.4 Å². The summed E-state index contributed by atoms with van der Waals surface area (Å²) in [6.07, 6.45) is 0. The predicted molar refractivity (Wildman–Crippen MR) is 99.9 cm³/mol. The minimum absolute atomic E-state index is 0.164. The van der Waals surface area contributed by atoms with E-state index in [-0.39, 0.29) is 3.74 Å². The van der Waals surface area contributed by atoms with E-state index >= 15 is 0 Å². The summed E-state index contributed by atoms with van der Waals surface area (Å²) in [5.74, 6) is 0.325. The first-order chi connectivity index (χ1) is 10.8. The van der Waals surface area contributed by atoms with E-state index < -0.39 is 0 Å². The SMILES string of the molecule is BrC(Br)c1cccc2c1-c1ccccc1C2c1ccccc1. The largest absolute Gasteiger partial charge is 0.0952 e.